The Labute approximate surface area is 151 Å². The maximum atomic E-state index is 4.51. The van der Waals surface area contributed by atoms with Gasteiger partial charge in [-0.2, -0.15) is 0 Å². The number of nitrogens with zero attached hydrogens (tertiary/aromatic N) is 6. The van der Waals surface area contributed by atoms with Gasteiger partial charge in [-0.3, -0.25) is 9.97 Å². The molecule has 0 unspecified atom stereocenters. The molecule has 0 amide bonds. The summed E-state index contributed by atoms with van der Waals surface area (Å²) in [7, 11) is 0. The SMILES string of the molecule is Cc1ccc2nc(N=Nc3cnc4c(C)c(C)ccc4n3)cnc2c1C. The Hall–Kier alpha value is -3.28. The molecule has 0 aliphatic heterocycles. The smallest absolute Gasteiger partial charge is 0.193 e. The van der Waals surface area contributed by atoms with Crippen LogP contribution in [0.15, 0.2) is 46.9 Å². The van der Waals surface area contributed by atoms with Crippen molar-refractivity contribution in [2.45, 2.75) is 27.7 Å². The molecule has 26 heavy (non-hydrogen) atoms. The average molecular weight is 342 g/mol. The van der Waals surface area contributed by atoms with Gasteiger partial charge >= 0.3 is 0 Å². The van der Waals surface area contributed by atoms with Gasteiger partial charge in [0.25, 0.3) is 0 Å². The lowest BCUT2D eigenvalue weighted by atomic mass is 10.1. The quantitative estimate of drug-likeness (QED) is 0.468. The zero-order valence-electron chi connectivity index (χ0n) is 15.1. The normalized spacial score (nSPS) is 11.7. The Bertz CT molecular complexity index is 1090. The number of benzene rings is 2. The van der Waals surface area contributed by atoms with Crippen molar-refractivity contribution in [2.75, 3.05) is 0 Å². The molecule has 6 heteroatoms. The van der Waals surface area contributed by atoms with Crippen LogP contribution in [-0.4, -0.2) is 19.9 Å². The van der Waals surface area contributed by atoms with Crippen molar-refractivity contribution >= 4 is 33.7 Å². The minimum absolute atomic E-state index is 0.447. The van der Waals surface area contributed by atoms with Crippen LogP contribution in [0.3, 0.4) is 0 Å². The predicted molar refractivity (Wildman–Crippen MR) is 102 cm³/mol. The summed E-state index contributed by atoms with van der Waals surface area (Å²) in [5, 5.41) is 8.35. The van der Waals surface area contributed by atoms with Gasteiger partial charge in [0.15, 0.2) is 11.6 Å². The Balaban J connectivity index is 1.69. The van der Waals surface area contributed by atoms with E-state index in [-0.39, 0.29) is 0 Å². The first-order valence-corrected chi connectivity index (χ1v) is 8.40. The highest BCUT2D eigenvalue weighted by molar-refractivity contribution is 5.80. The number of azo groups is 1. The van der Waals surface area contributed by atoms with Crippen molar-refractivity contribution in [3.8, 4) is 0 Å². The maximum Gasteiger partial charge on any atom is 0.193 e. The van der Waals surface area contributed by atoms with Crippen LogP contribution >= 0.6 is 0 Å². The van der Waals surface area contributed by atoms with Crippen LogP contribution in [0.25, 0.3) is 22.1 Å². The zero-order valence-corrected chi connectivity index (χ0v) is 15.1. The molecule has 0 atom stereocenters. The third-order valence-electron chi connectivity index (χ3n) is 4.70. The van der Waals surface area contributed by atoms with E-state index in [0.29, 0.717) is 11.6 Å². The molecule has 4 aromatic rings. The van der Waals surface area contributed by atoms with Crippen LogP contribution in [0.5, 0.6) is 0 Å². The van der Waals surface area contributed by atoms with Gasteiger partial charge in [0.05, 0.1) is 34.5 Å². The molecule has 2 aromatic carbocycles. The van der Waals surface area contributed by atoms with Gasteiger partial charge in [-0.15, -0.1) is 10.2 Å². The molecule has 4 rings (SSSR count). The molecule has 2 heterocycles. The Morgan fingerprint density at radius 2 is 1.04 bits per heavy atom. The zero-order chi connectivity index (χ0) is 18.3. The standard InChI is InChI=1S/C20H18N6/c1-11-5-7-15-19(13(11)3)21-9-17(23-15)25-26-18-10-22-20-14(4)12(2)6-8-16(20)24-18/h5-10H,1-4H3. The predicted octanol–water partition coefficient (Wildman–Crippen LogP) is 5.22. The summed E-state index contributed by atoms with van der Waals surface area (Å²) in [5.41, 5.74) is 8.03. The monoisotopic (exact) mass is 342 g/mol. The molecule has 0 saturated carbocycles. The van der Waals surface area contributed by atoms with E-state index in [1.807, 2.05) is 38.1 Å². The minimum Gasteiger partial charge on any atom is -0.250 e. The van der Waals surface area contributed by atoms with Gasteiger partial charge in [0.2, 0.25) is 0 Å². The number of aryl methyl sites for hydroxylation is 4. The van der Waals surface area contributed by atoms with Gasteiger partial charge in [0, 0.05) is 0 Å². The number of hydrogen-bond acceptors (Lipinski definition) is 6. The van der Waals surface area contributed by atoms with E-state index in [0.717, 1.165) is 33.2 Å². The Morgan fingerprint density at radius 3 is 1.46 bits per heavy atom. The lowest BCUT2D eigenvalue weighted by Gasteiger charge is -2.04. The van der Waals surface area contributed by atoms with Crippen LogP contribution < -0.4 is 0 Å². The second-order valence-electron chi connectivity index (χ2n) is 6.41. The van der Waals surface area contributed by atoms with Gasteiger partial charge in [-0.25, -0.2) is 9.97 Å². The molecule has 2 aromatic heterocycles. The Kier molecular flexibility index (Phi) is 3.88. The van der Waals surface area contributed by atoms with Crippen LogP contribution in [0.4, 0.5) is 11.6 Å². The third-order valence-corrected chi connectivity index (χ3v) is 4.70. The second kappa shape index (κ2) is 6.22. The first-order chi connectivity index (χ1) is 12.5. The number of hydrogen-bond donors (Lipinski definition) is 0. The summed E-state index contributed by atoms with van der Waals surface area (Å²) >= 11 is 0. The molecule has 6 nitrogen and oxygen atoms in total. The van der Waals surface area contributed by atoms with Gasteiger partial charge in [-0.1, -0.05) is 12.1 Å². The number of aromatic nitrogens is 4. The van der Waals surface area contributed by atoms with E-state index < -0.39 is 0 Å². The fourth-order valence-corrected chi connectivity index (χ4v) is 2.83. The summed E-state index contributed by atoms with van der Waals surface area (Å²) in [5.74, 6) is 0.894. The minimum atomic E-state index is 0.447. The molecule has 0 fully saturated rings. The van der Waals surface area contributed by atoms with Crippen molar-refractivity contribution in [3.05, 3.63) is 58.9 Å². The Morgan fingerprint density at radius 1 is 0.615 bits per heavy atom. The molecule has 0 N–H and O–H groups in total. The lowest BCUT2D eigenvalue weighted by Crippen LogP contribution is -1.90. The van der Waals surface area contributed by atoms with E-state index >= 15 is 0 Å². The van der Waals surface area contributed by atoms with Crippen molar-refractivity contribution in [1.29, 1.82) is 0 Å². The summed E-state index contributed by atoms with van der Waals surface area (Å²) in [6.45, 7) is 8.21. The van der Waals surface area contributed by atoms with Crippen molar-refractivity contribution in [1.82, 2.24) is 19.9 Å². The van der Waals surface area contributed by atoms with Crippen molar-refractivity contribution in [2.24, 2.45) is 10.2 Å². The van der Waals surface area contributed by atoms with Crippen LogP contribution in [-0.2, 0) is 0 Å². The summed E-state index contributed by atoms with van der Waals surface area (Å²) in [6, 6.07) is 7.97. The van der Waals surface area contributed by atoms with E-state index in [2.05, 4.69) is 44.0 Å². The molecule has 0 spiro atoms. The summed E-state index contributed by atoms with van der Waals surface area (Å²) in [6.07, 6.45) is 3.25. The third kappa shape index (κ3) is 2.79. The van der Waals surface area contributed by atoms with Gasteiger partial charge in [0.1, 0.15) is 0 Å². The first kappa shape index (κ1) is 16.2. The van der Waals surface area contributed by atoms with E-state index in [9.17, 15) is 0 Å². The lowest BCUT2D eigenvalue weighted by molar-refractivity contribution is 1.10. The highest BCUT2D eigenvalue weighted by Gasteiger charge is 2.06. The largest absolute Gasteiger partial charge is 0.250 e. The van der Waals surface area contributed by atoms with Gasteiger partial charge in [-0.05, 0) is 62.1 Å². The first-order valence-electron chi connectivity index (χ1n) is 8.40. The fraction of sp³-hybridized carbons (Fsp3) is 0.200. The second-order valence-corrected chi connectivity index (χ2v) is 6.41. The molecular formula is C20H18N6. The van der Waals surface area contributed by atoms with Crippen molar-refractivity contribution in [3.63, 3.8) is 0 Å². The van der Waals surface area contributed by atoms with Crippen molar-refractivity contribution < 1.29 is 0 Å². The molecule has 0 radical (unpaired) electrons. The highest BCUT2D eigenvalue weighted by atomic mass is 15.2. The maximum absolute atomic E-state index is 4.51. The molecule has 0 aliphatic rings. The number of fused-ring (bicyclic) bond motifs is 2. The highest BCUT2D eigenvalue weighted by Crippen LogP contribution is 2.23. The van der Waals surface area contributed by atoms with Crippen LogP contribution in [0.2, 0.25) is 0 Å². The average Bonchev–Trinajstić information content (AvgIpc) is 2.66. The summed E-state index contributed by atoms with van der Waals surface area (Å²) in [4.78, 5) is 18.0. The number of rotatable bonds is 2. The molecular weight excluding hydrogens is 324 g/mol. The topological polar surface area (TPSA) is 76.3 Å². The fourth-order valence-electron chi connectivity index (χ4n) is 2.83. The molecule has 0 saturated heterocycles. The molecule has 0 aliphatic carbocycles. The van der Waals surface area contributed by atoms with E-state index in [4.69, 9.17) is 0 Å². The van der Waals surface area contributed by atoms with Crippen LogP contribution in [0, 0.1) is 27.7 Å². The summed E-state index contributed by atoms with van der Waals surface area (Å²) < 4.78 is 0. The van der Waals surface area contributed by atoms with E-state index in [1.54, 1.807) is 12.4 Å². The van der Waals surface area contributed by atoms with Crippen LogP contribution in [0.1, 0.15) is 22.3 Å². The van der Waals surface area contributed by atoms with E-state index in [1.165, 1.54) is 11.1 Å². The van der Waals surface area contributed by atoms with Gasteiger partial charge < -0.3 is 0 Å². The molecule has 128 valence electrons. The molecule has 0 bridgehead atoms.